The number of fused-ring (bicyclic) bond motifs is 1. The van der Waals surface area contributed by atoms with Gasteiger partial charge in [-0.15, -0.1) is 0 Å². The van der Waals surface area contributed by atoms with E-state index in [0.717, 1.165) is 30.8 Å². The van der Waals surface area contributed by atoms with E-state index in [4.69, 9.17) is 4.74 Å². The third-order valence-corrected chi connectivity index (χ3v) is 4.06. The molecule has 0 radical (unpaired) electrons. The summed E-state index contributed by atoms with van der Waals surface area (Å²) in [6.45, 7) is 2.56. The van der Waals surface area contributed by atoms with Crippen LogP contribution in [0.2, 0.25) is 0 Å². The first kappa shape index (κ1) is 12.5. The van der Waals surface area contributed by atoms with Crippen molar-refractivity contribution in [1.29, 1.82) is 0 Å². The molecule has 0 atom stereocenters. The van der Waals surface area contributed by atoms with E-state index < -0.39 is 0 Å². The summed E-state index contributed by atoms with van der Waals surface area (Å²) in [5.74, 6) is 1.02. The molecule has 0 unspecified atom stereocenters. The lowest BCUT2D eigenvalue weighted by Crippen LogP contribution is -2.25. The van der Waals surface area contributed by atoms with Crippen molar-refractivity contribution in [1.82, 2.24) is 0 Å². The Morgan fingerprint density at radius 1 is 1.05 bits per heavy atom. The first-order chi connectivity index (χ1) is 9.36. The molecule has 19 heavy (non-hydrogen) atoms. The smallest absolute Gasteiger partial charge is 0.124 e. The number of hydrogen-bond acceptors (Lipinski definition) is 2. The summed E-state index contributed by atoms with van der Waals surface area (Å²) in [7, 11) is 0. The van der Waals surface area contributed by atoms with Gasteiger partial charge in [0, 0.05) is 23.1 Å². The molecule has 0 saturated carbocycles. The zero-order valence-electron chi connectivity index (χ0n) is 10.7. The van der Waals surface area contributed by atoms with Gasteiger partial charge in [0.2, 0.25) is 0 Å². The molecule has 3 heteroatoms. The lowest BCUT2D eigenvalue weighted by atomic mass is 10.1. The van der Waals surface area contributed by atoms with Crippen molar-refractivity contribution in [3.63, 3.8) is 0 Å². The number of hydrogen-bond donors (Lipinski definition) is 0. The highest BCUT2D eigenvalue weighted by Gasteiger charge is 2.14. The molecular weight excluding hydrogens is 302 g/mol. The summed E-state index contributed by atoms with van der Waals surface area (Å²) in [5, 5.41) is 0.902. The van der Waals surface area contributed by atoms with Crippen LogP contribution < -0.4 is 9.64 Å². The number of halogens is 1. The normalized spacial score (nSPS) is 14.5. The van der Waals surface area contributed by atoms with Crippen LogP contribution in [0.25, 0.3) is 0 Å². The standard InChI is InChI=1S/C16H16BrNO/c17-11-13-5-7-15(8-6-13)18-9-10-19-16-4-2-1-3-14(16)12-18/h1-8H,9-12H2. The molecule has 0 fully saturated rings. The summed E-state index contributed by atoms with van der Waals surface area (Å²) in [5.41, 5.74) is 3.81. The molecule has 2 nitrogen and oxygen atoms in total. The molecule has 1 heterocycles. The van der Waals surface area contributed by atoms with Crippen molar-refractivity contribution >= 4 is 21.6 Å². The Morgan fingerprint density at radius 3 is 2.63 bits per heavy atom. The molecule has 0 aliphatic carbocycles. The van der Waals surface area contributed by atoms with Gasteiger partial charge >= 0.3 is 0 Å². The van der Waals surface area contributed by atoms with Gasteiger partial charge in [0.25, 0.3) is 0 Å². The zero-order chi connectivity index (χ0) is 13.1. The summed E-state index contributed by atoms with van der Waals surface area (Å²) in [6, 6.07) is 17.0. The molecule has 3 rings (SSSR count). The van der Waals surface area contributed by atoms with E-state index in [1.54, 1.807) is 0 Å². The number of anilines is 1. The Morgan fingerprint density at radius 2 is 1.84 bits per heavy atom. The summed E-state index contributed by atoms with van der Waals surface area (Å²) in [6.07, 6.45) is 0. The molecular formula is C16H16BrNO. The number of nitrogens with zero attached hydrogens (tertiary/aromatic N) is 1. The van der Waals surface area contributed by atoms with Crippen LogP contribution in [0.3, 0.4) is 0 Å². The SMILES string of the molecule is BrCc1ccc(N2CCOc3ccccc3C2)cc1. The van der Waals surface area contributed by atoms with Crippen molar-refractivity contribution in [2.24, 2.45) is 0 Å². The predicted octanol–water partition coefficient (Wildman–Crippen LogP) is 3.98. The molecule has 0 bridgehead atoms. The zero-order valence-corrected chi connectivity index (χ0v) is 12.3. The fourth-order valence-electron chi connectivity index (χ4n) is 2.34. The average molecular weight is 318 g/mol. The fraction of sp³-hybridized carbons (Fsp3) is 0.250. The van der Waals surface area contributed by atoms with Crippen LogP contribution in [-0.2, 0) is 11.9 Å². The number of para-hydroxylation sites is 1. The minimum Gasteiger partial charge on any atom is -0.491 e. The van der Waals surface area contributed by atoms with Gasteiger partial charge < -0.3 is 9.64 Å². The summed E-state index contributed by atoms with van der Waals surface area (Å²) in [4.78, 5) is 2.36. The third-order valence-electron chi connectivity index (χ3n) is 3.41. The largest absolute Gasteiger partial charge is 0.491 e. The van der Waals surface area contributed by atoms with E-state index in [2.05, 4.69) is 57.2 Å². The second-order valence-electron chi connectivity index (χ2n) is 4.68. The van der Waals surface area contributed by atoms with Crippen molar-refractivity contribution in [2.45, 2.75) is 11.9 Å². The van der Waals surface area contributed by atoms with Gasteiger partial charge in [0.15, 0.2) is 0 Å². The highest BCUT2D eigenvalue weighted by molar-refractivity contribution is 9.08. The Balaban J connectivity index is 1.85. The Labute approximate surface area is 122 Å². The Hall–Kier alpha value is -1.48. The van der Waals surface area contributed by atoms with Crippen LogP contribution >= 0.6 is 15.9 Å². The van der Waals surface area contributed by atoms with E-state index in [1.807, 2.05) is 12.1 Å². The average Bonchev–Trinajstić information content (AvgIpc) is 2.69. The quantitative estimate of drug-likeness (QED) is 0.777. The van der Waals surface area contributed by atoms with Crippen LogP contribution in [0, 0.1) is 0 Å². The molecule has 1 aliphatic heterocycles. The van der Waals surface area contributed by atoms with Crippen LogP contribution in [0.1, 0.15) is 11.1 Å². The number of ether oxygens (including phenoxy) is 1. The number of rotatable bonds is 2. The molecule has 1 aliphatic rings. The van der Waals surface area contributed by atoms with E-state index in [-0.39, 0.29) is 0 Å². The van der Waals surface area contributed by atoms with Crippen LogP contribution in [0.5, 0.6) is 5.75 Å². The number of benzene rings is 2. The maximum atomic E-state index is 5.80. The topological polar surface area (TPSA) is 12.5 Å². The minimum atomic E-state index is 0.733. The second-order valence-corrected chi connectivity index (χ2v) is 5.24. The monoisotopic (exact) mass is 317 g/mol. The molecule has 98 valence electrons. The van der Waals surface area contributed by atoms with E-state index >= 15 is 0 Å². The Bertz CT molecular complexity index is 553. The van der Waals surface area contributed by atoms with Crippen molar-refractivity contribution in [3.8, 4) is 5.75 Å². The predicted molar refractivity (Wildman–Crippen MR) is 82.1 cm³/mol. The van der Waals surface area contributed by atoms with Gasteiger partial charge in [-0.1, -0.05) is 46.3 Å². The maximum absolute atomic E-state index is 5.80. The lowest BCUT2D eigenvalue weighted by molar-refractivity contribution is 0.331. The summed E-state index contributed by atoms with van der Waals surface area (Å²) < 4.78 is 5.80. The van der Waals surface area contributed by atoms with Crippen molar-refractivity contribution in [3.05, 3.63) is 59.7 Å². The fourth-order valence-corrected chi connectivity index (χ4v) is 2.72. The molecule has 0 amide bonds. The lowest BCUT2D eigenvalue weighted by Gasteiger charge is -2.22. The highest BCUT2D eigenvalue weighted by Crippen LogP contribution is 2.26. The molecule has 0 spiro atoms. The first-order valence-corrected chi connectivity index (χ1v) is 7.59. The summed E-state index contributed by atoms with van der Waals surface area (Å²) >= 11 is 3.48. The van der Waals surface area contributed by atoms with Crippen LogP contribution in [-0.4, -0.2) is 13.2 Å². The van der Waals surface area contributed by atoms with E-state index in [9.17, 15) is 0 Å². The highest BCUT2D eigenvalue weighted by atomic mass is 79.9. The maximum Gasteiger partial charge on any atom is 0.124 e. The molecule has 0 aromatic heterocycles. The van der Waals surface area contributed by atoms with Gasteiger partial charge in [0.1, 0.15) is 12.4 Å². The third kappa shape index (κ3) is 2.76. The van der Waals surface area contributed by atoms with Crippen LogP contribution in [0.4, 0.5) is 5.69 Å². The van der Waals surface area contributed by atoms with Crippen molar-refractivity contribution < 1.29 is 4.74 Å². The Kier molecular flexibility index (Phi) is 3.74. The van der Waals surface area contributed by atoms with Gasteiger partial charge in [-0.05, 0) is 23.8 Å². The molecule has 2 aromatic rings. The van der Waals surface area contributed by atoms with Gasteiger partial charge in [0.05, 0.1) is 6.54 Å². The molecule has 0 N–H and O–H groups in total. The molecule has 0 saturated heterocycles. The van der Waals surface area contributed by atoms with Crippen LogP contribution in [0.15, 0.2) is 48.5 Å². The van der Waals surface area contributed by atoms with E-state index in [0.29, 0.717) is 0 Å². The van der Waals surface area contributed by atoms with Gasteiger partial charge in [-0.2, -0.15) is 0 Å². The minimum absolute atomic E-state index is 0.733. The number of alkyl halides is 1. The molecule has 2 aromatic carbocycles. The van der Waals surface area contributed by atoms with Crippen molar-refractivity contribution in [2.75, 3.05) is 18.1 Å². The first-order valence-electron chi connectivity index (χ1n) is 6.47. The van der Waals surface area contributed by atoms with Gasteiger partial charge in [-0.25, -0.2) is 0 Å². The van der Waals surface area contributed by atoms with Gasteiger partial charge in [-0.3, -0.25) is 0 Å². The second kappa shape index (κ2) is 5.66. The van der Waals surface area contributed by atoms with E-state index in [1.165, 1.54) is 16.8 Å².